The quantitative estimate of drug-likeness (QED) is 0.575. The van der Waals surface area contributed by atoms with Gasteiger partial charge in [0.25, 0.3) is 5.56 Å². The Morgan fingerprint density at radius 3 is 2.68 bits per heavy atom. The Labute approximate surface area is 186 Å². The molecule has 1 aromatic carbocycles. The molecule has 4 rings (SSSR count). The number of rotatable bonds is 6. The van der Waals surface area contributed by atoms with Crippen molar-refractivity contribution in [3.05, 3.63) is 50.4 Å². The summed E-state index contributed by atoms with van der Waals surface area (Å²) in [6.45, 7) is 0. The van der Waals surface area contributed by atoms with Crippen molar-refractivity contribution in [2.45, 2.75) is 31.4 Å². The van der Waals surface area contributed by atoms with E-state index in [0.717, 1.165) is 48.2 Å². The molecule has 0 bridgehead atoms. The number of carbonyl (C=O) groups is 1. The Morgan fingerprint density at radius 2 is 1.97 bits per heavy atom. The van der Waals surface area contributed by atoms with Gasteiger partial charge in [-0.2, -0.15) is 0 Å². The minimum Gasteiger partial charge on any atom is -0.373 e. The summed E-state index contributed by atoms with van der Waals surface area (Å²) < 4.78 is 28.1. The summed E-state index contributed by atoms with van der Waals surface area (Å²) in [6.07, 6.45) is 4.15. The van der Waals surface area contributed by atoms with E-state index < -0.39 is 17.5 Å². The molecule has 164 valence electrons. The van der Waals surface area contributed by atoms with E-state index in [0.29, 0.717) is 17.0 Å². The van der Waals surface area contributed by atoms with Crippen LogP contribution in [-0.4, -0.2) is 35.7 Å². The number of H-pyrrole nitrogens is 1. The maximum absolute atomic E-state index is 14.1. The number of aromatic amines is 1. The molecule has 6 nitrogen and oxygen atoms in total. The van der Waals surface area contributed by atoms with Gasteiger partial charge in [-0.1, -0.05) is 0 Å². The van der Waals surface area contributed by atoms with E-state index in [1.54, 1.807) is 11.3 Å². The molecule has 0 spiro atoms. The molecular formula is C21H22F2N4O2S2. The van der Waals surface area contributed by atoms with Crippen molar-refractivity contribution in [3.8, 4) is 0 Å². The van der Waals surface area contributed by atoms with Crippen LogP contribution in [-0.2, 0) is 23.4 Å². The molecule has 0 fully saturated rings. The third kappa shape index (κ3) is 4.59. The molecule has 1 aliphatic carbocycles. The molecule has 0 aliphatic heterocycles. The number of aromatic nitrogens is 2. The van der Waals surface area contributed by atoms with Crippen molar-refractivity contribution in [3.63, 3.8) is 0 Å². The number of benzene rings is 1. The van der Waals surface area contributed by atoms with Crippen molar-refractivity contribution < 1.29 is 13.6 Å². The number of thioether (sulfide) groups is 1. The molecule has 10 heteroatoms. The van der Waals surface area contributed by atoms with E-state index in [4.69, 9.17) is 0 Å². The van der Waals surface area contributed by atoms with Crippen molar-refractivity contribution in [1.82, 2.24) is 9.97 Å². The second-order valence-electron chi connectivity index (χ2n) is 7.63. The summed E-state index contributed by atoms with van der Waals surface area (Å²) >= 11 is 2.85. The van der Waals surface area contributed by atoms with E-state index in [1.807, 2.05) is 0 Å². The highest BCUT2D eigenvalue weighted by atomic mass is 32.2. The van der Waals surface area contributed by atoms with Gasteiger partial charge in [0.15, 0.2) is 11.6 Å². The van der Waals surface area contributed by atoms with E-state index in [2.05, 4.69) is 15.3 Å². The van der Waals surface area contributed by atoms with Crippen molar-refractivity contribution >= 4 is 50.6 Å². The number of carbonyl (C=O) groups excluding carboxylic acids is 1. The fourth-order valence-corrected chi connectivity index (χ4v) is 5.75. The SMILES string of the molecule is CN(C)c1c(F)cc(NC(=O)CSCc2nc3sc4c(c3c(=O)[nH]2)CCCC4)cc1F. The second kappa shape index (κ2) is 8.96. The highest BCUT2D eigenvalue weighted by Gasteiger charge is 2.20. The van der Waals surface area contributed by atoms with Gasteiger partial charge in [0, 0.05) is 24.7 Å². The van der Waals surface area contributed by atoms with Crippen LogP contribution in [0.1, 0.15) is 29.1 Å². The number of aryl methyl sites for hydroxylation is 2. The zero-order valence-electron chi connectivity index (χ0n) is 17.2. The van der Waals surface area contributed by atoms with E-state index in [-0.39, 0.29) is 22.7 Å². The van der Waals surface area contributed by atoms with Crippen LogP contribution in [0.25, 0.3) is 10.2 Å². The van der Waals surface area contributed by atoms with Gasteiger partial charge in [0.1, 0.15) is 16.3 Å². The van der Waals surface area contributed by atoms with Gasteiger partial charge in [-0.3, -0.25) is 9.59 Å². The molecule has 1 aliphatic rings. The maximum atomic E-state index is 14.1. The van der Waals surface area contributed by atoms with Gasteiger partial charge in [-0.15, -0.1) is 23.1 Å². The Morgan fingerprint density at radius 1 is 1.26 bits per heavy atom. The minimum absolute atomic E-state index is 0.0569. The van der Waals surface area contributed by atoms with E-state index >= 15 is 0 Å². The number of anilines is 2. The van der Waals surface area contributed by atoms with Gasteiger partial charge >= 0.3 is 0 Å². The van der Waals surface area contributed by atoms with Gasteiger partial charge < -0.3 is 15.2 Å². The van der Waals surface area contributed by atoms with Crippen LogP contribution in [0.2, 0.25) is 0 Å². The normalized spacial score (nSPS) is 13.3. The number of halogens is 2. The lowest BCUT2D eigenvalue weighted by molar-refractivity contribution is -0.113. The minimum atomic E-state index is -0.748. The number of thiophene rings is 1. The molecule has 31 heavy (non-hydrogen) atoms. The highest BCUT2D eigenvalue weighted by Crippen LogP contribution is 2.33. The zero-order valence-corrected chi connectivity index (χ0v) is 18.8. The molecule has 0 saturated heterocycles. The number of fused-ring (bicyclic) bond motifs is 3. The lowest BCUT2D eigenvalue weighted by atomic mass is 9.97. The fourth-order valence-electron chi connectivity index (χ4n) is 3.78. The van der Waals surface area contributed by atoms with Gasteiger partial charge in [0.2, 0.25) is 5.91 Å². The first kappa shape index (κ1) is 21.8. The highest BCUT2D eigenvalue weighted by molar-refractivity contribution is 7.99. The van der Waals surface area contributed by atoms with Crippen LogP contribution in [0.5, 0.6) is 0 Å². The third-order valence-electron chi connectivity index (χ3n) is 5.09. The molecule has 3 aromatic rings. The molecule has 0 atom stereocenters. The molecular weight excluding hydrogens is 442 g/mol. The number of amides is 1. The lowest BCUT2D eigenvalue weighted by Crippen LogP contribution is -2.17. The third-order valence-corrected chi connectivity index (χ3v) is 7.22. The number of nitrogens with zero attached hydrogens (tertiary/aromatic N) is 2. The average molecular weight is 465 g/mol. The van der Waals surface area contributed by atoms with Gasteiger partial charge in [-0.25, -0.2) is 13.8 Å². The van der Waals surface area contributed by atoms with Gasteiger partial charge in [0.05, 0.1) is 16.9 Å². The Hall–Kier alpha value is -2.46. The zero-order chi connectivity index (χ0) is 22.1. The molecule has 0 unspecified atom stereocenters. The average Bonchev–Trinajstić information content (AvgIpc) is 3.05. The molecule has 2 aromatic heterocycles. The van der Waals surface area contributed by atoms with Crippen LogP contribution in [0.3, 0.4) is 0 Å². The predicted octanol–water partition coefficient (Wildman–Crippen LogP) is 4.08. The number of nitrogens with one attached hydrogen (secondary N) is 2. The van der Waals surface area contributed by atoms with Crippen LogP contribution in [0.4, 0.5) is 20.2 Å². The topological polar surface area (TPSA) is 78.1 Å². The van der Waals surface area contributed by atoms with Gasteiger partial charge in [-0.05, 0) is 43.4 Å². The van der Waals surface area contributed by atoms with Crippen LogP contribution >= 0.6 is 23.1 Å². The summed E-state index contributed by atoms with van der Waals surface area (Å²) in [5.74, 6) is -0.966. The maximum Gasteiger partial charge on any atom is 0.259 e. The predicted molar refractivity (Wildman–Crippen MR) is 122 cm³/mol. The monoisotopic (exact) mass is 464 g/mol. The number of hydrogen-bond donors (Lipinski definition) is 2. The first-order valence-corrected chi connectivity index (χ1v) is 11.9. The first-order valence-electron chi connectivity index (χ1n) is 9.91. The Balaban J connectivity index is 1.39. The molecule has 1 amide bonds. The lowest BCUT2D eigenvalue weighted by Gasteiger charge is -2.15. The Bertz CT molecular complexity index is 1180. The summed E-state index contributed by atoms with van der Waals surface area (Å²) in [5.41, 5.74) is 0.908. The molecule has 0 radical (unpaired) electrons. The fraction of sp³-hybridized carbons (Fsp3) is 0.381. The Kier molecular flexibility index (Phi) is 6.29. The smallest absolute Gasteiger partial charge is 0.259 e. The van der Waals surface area contributed by atoms with E-state index in [9.17, 15) is 18.4 Å². The van der Waals surface area contributed by atoms with Crippen molar-refractivity contribution in [2.75, 3.05) is 30.1 Å². The van der Waals surface area contributed by atoms with Crippen LogP contribution < -0.4 is 15.8 Å². The van der Waals surface area contributed by atoms with E-state index in [1.165, 1.54) is 35.6 Å². The van der Waals surface area contributed by atoms with Crippen LogP contribution in [0, 0.1) is 11.6 Å². The molecule has 2 N–H and O–H groups in total. The summed E-state index contributed by atoms with van der Waals surface area (Å²) in [5, 5.41) is 3.21. The molecule has 0 saturated carbocycles. The first-order chi connectivity index (χ1) is 14.8. The summed E-state index contributed by atoms with van der Waals surface area (Å²) in [4.78, 5) is 35.5. The molecule has 2 heterocycles. The summed E-state index contributed by atoms with van der Waals surface area (Å²) in [7, 11) is 3.08. The number of hydrogen-bond acceptors (Lipinski definition) is 6. The van der Waals surface area contributed by atoms with Crippen molar-refractivity contribution in [2.24, 2.45) is 0 Å². The van der Waals surface area contributed by atoms with Crippen LogP contribution in [0.15, 0.2) is 16.9 Å². The second-order valence-corrected chi connectivity index (χ2v) is 9.70. The summed E-state index contributed by atoms with van der Waals surface area (Å²) in [6, 6.07) is 2.18. The van der Waals surface area contributed by atoms with Crippen molar-refractivity contribution in [1.29, 1.82) is 0 Å². The largest absolute Gasteiger partial charge is 0.373 e. The standard InChI is InChI=1S/C21H22F2N4O2S2/c1-27(2)19-13(22)7-11(8-14(19)23)24-17(28)10-30-9-16-25-20(29)18-12-5-3-4-6-15(12)31-21(18)26-16/h7-8H,3-6,9-10H2,1-2H3,(H,24,28)(H,25,26,29).